The number of hydrogen-bond acceptors (Lipinski definition) is 4. The van der Waals surface area contributed by atoms with Crippen LogP contribution in [-0.2, 0) is 0 Å². The lowest BCUT2D eigenvalue weighted by molar-refractivity contribution is 0.390. The molecule has 0 bridgehead atoms. The van der Waals surface area contributed by atoms with Crippen LogP contribution in [0.5, 0.6) is 0 Å². The number of aromatic nitrogens is 1. The van der Waals surface area contributed by atoms with Crippen LogP contribution in [0.3, 0.4) is 0 Å². The van der Waals surface area contributed by atoms with Gasteiger partial charge in [0, 0.05) is 52.9 Å². The number of anilines is 2. The van der Waals surface area contributed by atoms with E-state index in [1.165, 1.54) is 0 Å². The zero-order valence-corrected chi connectivity index (χ0v) is 18.1. The Morgan fingerprint density at radius 1 is 1.00 bits per heavy atom. The predicted octanol–water partition coefficient (Wildman–Crippen LogP) is 5.64. The van der Waals surface area contributed by atoms with Gasteiger partial charge >= 0.3 is 0 Å². The number of hydrogen-bond donors (Lipinski definition) is 1. The topological polar surface area (TPSA) is 31.4 Å². The number of thiocarbonyl (C=S) groups is 1. The summed E-state index contributed by atoms with van der Waals surface area (Å²) in [5.41, 5.74) is 2.97. The monoisotopic (exact) mass is 448 g/mol. The maximum Gasteiger partial charge on any atom is 0.185 e. The first kappa shape index (κ1) is 19.5. The van der Waals surface area contributed by atoms with E-state index < -0.39 is 0 Å². The number of nitrogens with zero attached hydrogens (tertiary/aromatic N) is 3. The Labute approximate surface area is 183 Å². The minimum atomic E-state index is 0.692. The number of benzene rings is 2. The second kappa shape index (κ2) is 8.66. The lowest BCUT2D eigenvalue weighted by Crippen LogP contribution is -2.50. The standard InChI is InChI=1S/C20H18Cl2N4S2/c21-15-6-4-14(5-7-15)18-13-28-20(24-18)26-10-8-25(9-11-26)19(27)23-17-3-1-2-16(22)12-17/h1-7,12-13H,8-11H2,(H,23,27). The molecular weight excluding hydrogens is 431 g/mol. The van der Waals surface area contributed by atoms with Gasteiger partial charge in [-0.05, 0) is 42.5 Å². The molecule has 4 rings (SSSR count). The first-order chi connectivity index (χ1) is 13.6. The molecule has 3 aromatic rings. The van der Waals surface area contributed by atoms with Crippen molar-refractivity contribution >= 4 is 62.7 Å². The molecule has 2 heterocycles. The third-order valence-electron chi connectivity index (χ3n) is 4.55. The smallest absolute Gasteiger partial charge is 0.185 e. The minimum Gasteiger partial charge on any atom is -0.345 e. The van der Waals surface area contributed by atoms with E-state index in [9.17, 15) is 0 Å². The third-order valence-corrected chi connectivity index (χ3v) is 6.29. The van der Waals surface area contributed by atoms with Crippen LogP contribution in [0.15, 0.2) is 53.9 Å². The minimum absolute atomic E-state index is 0.692. The molecule has 0 unspecified atom stereocenters. The molecule has 0 amide bonds. The van der Waals surface area contributed by atoms with Crippen molar-refractivity contribution in [2.45, 2.75) is 0 Å². The lowest BCUT2D eigenvalue weighted by Gasteiger charge is -2.36. The van der Waals surface area contributed by atoms with E-state index in [2.05, 4.69) is 20.5 Å². The molecule has 1 saturated heterocycles. The van der Waals surface area contributed by atoms with Crippen LogP contribution in [0.4, 0.5) is 10.8 Å². The Balaban J connectivity index is 1.35. The largest absolute Gasteiger partial charge is 0.345 e. The van der Waals surface area contributed by atoms with Crippen molar-refractivity contribution in [3.8, 4) is 11.3 Å². The van der Waals surface area contributed by atoms with Crippen LogP contribution >= 0.6 is 46.8 Å². The van der Waals surface area contributed by atoms with Gasteiger partial charge in [0.2, 0.25) is 0 Å². The Bertz CT molecular complexity index is 966. The summed E-state index contributed by atoms with van der Waals surface area (Å²) in [6.45, 7) is 3.46. The first-order valence-electron chi connectivity index (χ1n) is 8.86. The molecule has 0 atom stereocenters. The van der Waals surface area contributed by atoms with E-state index in [0.717, 1.165) is 58.4 Å². The van der Waals surface area contributed by atoms with Crippen molar-refractivity contribution in [3.05, 3.63) is 64.0 Å². The van der Waals surface area contributed by atoms with Gasteiger partial charge in [-0.25, -0.2) is 4.98 Å². The highest BCUT2D eigenvalue weighted by atomic mass is 35.5. The fourth-order valence-corrected chi connectivity index (χ4v) is 4.54. The molecule has 0 radical (unpaired) electrons. The number of halogens is 2. The molecular formula is C20H18Cl2N4S2. The second-order valence-electron chi connectivity index (χ2n) is 6.44. The van der Waals surface area contributed by atoms with E-state index in [1.807, 2.05) is 48.5 Å². The van der Waals surface area contributed by atoms with Gasteiger partial charge in [-0.3, -0.25) is 0 Å². The maximum atomic E-state index is 6.04. The molecule has 8 heteroatoms. The molecule has 1 aliphatic rings. The van der Waals surface area contributed by atoms with Crippen molar-refractivity contribution in [1.29, 1.82) is 0 Å². The van der Waals surface area contributed by atoms with Gasteiger partial charge in [0.1, 0.15) is 0 Å². The zero-order chi connectivity index (χ0) is 19.5. The van der Waals surface area contributed by atoms with Crippen LogP contribution in [-0.4, -0.2) is 41.2 Å². The van der Waals surface area contributed by atoms with E-state index in [1.54, 1.807) is 11.3 Å². The Morgan fingerprint density at radius 2 is 1.75 bits per heavy atom. The predicted molar refractivity (Wildman–Crippen MR) is 124 cm³/mol. The van der Waals surface area contributed by atoms with Crippen LogP contribution in [0.25, 0.3) is 11.3 Å². The Hall–Kier alpha value is -1.86. The van der Waals surface area contributed by atoms with E-state index in [4.69, 9.17) is 40.4 Å². The fourth-order valence-electron chi connectivity index (χ4n) is 3.03. The van der Waals surface area contributed by atoms with Crippen LogP contribution in [0.1, 0.15) is 0 Å². The average Bonchev–Trinajstić information content (AvgIpc) is 3.19. The number of nitrogens with one attached hydrogen (secondary N) is 1. The molecule has 1 aliphatic heterocycles. The van der Waals surface area contributed by atoms with Crippen molar-refractivity contribution in [1.82, 2.24) is 9.88 Å². The van der Waals surface area contributed by atoms with E-state index >= 15 is 0 Å². The number of piperazine rings is 1. The molecule has 0 spiro atoms. The number of thiazole rings is 1. The van der Waals surface area contributed by atoms with Gasteiger partial charge in [-0.1, -0.05) is 41.4 Å². The summed E-state index contributed by atoms with van der Waals surface area (Å²) < 4.78 is 0. The van der Waals surface area contributed by atoms with Crippen molar-refractivity contribution in [3.63, 3.8) is 0 Å². The number of rotatable bonds is 3. The Morgan fingerprint density at radius 3 is 2.46 bits per heavy atom. The molecule has 0 aliphatic carbocycles. The fraction of sp³-hybridized carbons (Fsp3) is 0.200. The molecule has 4 nitrogen and oxygen atoms in total. The van der Waals surface area contributed by atoms with Crippen LogP contribution in [0.2, 0.25) is 10.0 Å². The SMILES string of the molecule is S=C(Nc1cccc(Cl)c1)N1CCN(c2nc(-c3ccc(Cl)cc3)cs2)CC1. The summed E-state index contributed by atoms with van der Waals surface area (Å²) in [5, 5.41) is 8.55. The summed E-state index contributed by atoms with van der Waals surface area (Å²) in [4.78, 5) is 9.29. The van der Waals surface area contributed by atoms with Gasteiger partial charge in [0.15, 0.2) is 10.2 Å². The van der Waals surface area contributed by atoms with Gasteiger partial charge < -0.3 is 15.1 Å². The van der Waals surface area contributed by atoms with Crippen molar-refractivity contribution < 1.29 is 0 Å². The van der Waals surface area contributed by atoms with Crippen molar-refractivity contribution in [2.75, 3.05) is 36.4 Å². The summed E-state index contributed by atoms with van der Waals surface area (Å²) in [6.07, 6.45) is 0. The summed E-state index contributed by atoms with van der Waals surface area (Å²) in [6, 6.07) is 15.4. The normalized spacial score (nSPS) is 14.2. The molecule has 1 aromatic heterocycles. The summed E-state index contributed by atoms with van der Waals surface area (Å²) in [7, 11) is 0. The van der Waals surface area contributed by atoms with Crippen molar-refractivity contribution in [2.24, 2.45) is 0 Å². The van der Waals surface area contributed by atoms with Gasteiger partial charge in [-0.2, -0.15) is 0 Å². The summed E-state index contributed by atoms with van der Waals surface area (Å²) in [5.74, 6) is 0. The first-order valence-corrected chi connectivity index (χ1v) is 10.9. The average molecular weight is 449 g/mol. The molecule has 1 fully saturated rings. The van der Waals surface area contributed by atoms with E-state index in [0.29, 0.717) is 5.02 Å². The summed E-state index contributed by atoms with van der Waals surface area (Å²) >= 11 is 19.2. The quantitative estimate of drug-likeness (QED) is 0.524. The molecule has 28 heavy (non-hydrogen) atoms. The molecule has 144 valence electrons. The Kier molecular flexibility index (Phi) is 6.01. The zero-order valence-electron chi connectivity index (χ0n) is 14.9. The van der Waals surface area contributed by atoms with E-state index in [-0.39, 0.29) is 0 Å². The molecule has 2 aromatic carbocycles. The highest BCUT2D eigenvalue weighted by Crippen LogP contribution is 2.29. The highest BCUT2D eigenvalue weighted by Gasteiger charge is 2.21. The van der Waals surface area contributed by atoms with Gasteiger partial charge in [-0.15, -0.1) is 11.3 Å². The molecule has 1 N–H and O–H groups in total. The van der Waals surface area contributed by atoms with Crippen LogP contribution < -0.4 is 10.2 Å². The lowest BCUT2D eigenvalue weighted by atomic mass is 10.2. The second-order valence-corrected chi connectivity index (χ2v) is 8.53. The van der Waals surface area contributed by atoms with Gasteiger partial charge in [0.25, 0.3) is 0 Å². The molecule has 0 saturated carbocycles. The maximum absolute atomic E-state index is 6.04. The van der Waals surface area contributed by atoms with Gasteiger partial charge in [0.05, 0.1) is 5.69 Å². The highest BCUT2D eigenvalue weighted by molar-refractivity contribution is 7.80. The third kappa shape index (κ3) is 4.58. The van der Waals surface area contributed by atoms with Crippen LogP contribution in [0, 0.1) is 0 Å².